The summed E-state index contributed by atoms with van der Waals surface area (Å²) >= 11 is 5.69. The van der Waals surface area contributed by atoms with Crippen LogP contribution >= 0.6 is 11.6 Å². The third-order valence-corrected chi connectivity index (χ3v) is 4.54. The van der Waals surface area contributed by atoms with Crippen LogP contribution in [-0.4, -0.2) is 9.36 Å². The minimum absolute atomic E-state index is 0.0324. The lowest BCUT2D eigenvalue weighted by molar-refractivity contribution is 0.564. The van der Waals surface area contributed by atoms with Gasteiger partial charge >= 0.3 is 0 Å². The summed E-state index contributed by atoms with van der Waals surface area (Å²) < 4.78 is 16.8. The summed E-state index contributed by atoms with van der Waals surface area (Å²) in [6.07, 6.45) is 4.38. The molecule has 0 saturated heterocycles. The molecule has 1 saturated carbocycles. The highest BCUT2D eigenvalue weighted by atomic mass is 35.5. The zero-order valence-electron chi connectivity index (χ0n) is 11.8. The third-order valence-electron chi connectivity index (χ3n) is 4.24. The van der Waals surface area contributed by atoms with E-state index in [1.165, 1.54) is 16.8 Å². The number of rotatable bonds is 2. The average Bonchev–Trinajstić information content (AvgIpc) is 3.03. The van der Waals surface area contributed by atoms with Gasteiger partial charge in [-0.3, -0.25) is 9.48 Å². The molecule has 2 N–H and O–H groups in total. The van der Waals surface area contributed by atoms with E-state index in [1.54, 1.807) is 17.8 Å². The lowest BCUT2D eigenvalue weighted by Crippen LogP contribution is -2.20. The first-order chi connectivity index (χ1) is 10.0. The number of aromatic nitrogens is 2. The quantitative estimate of drug-likeness (QED) is 0.926. The van der Waals surface area contributed by atoms with Gasteiger partial charge in [-0.15, -0.1) is 0 Å². The predicted octanol–water partition coefficient (Wildman–Crippen LogP) is 3.21. The van der Waals surface area contributed by atoms with Gasteiger partial charge in [0.25, 0.3) is 5.56 Å². The first-order valence-electron chi connectivity index (χ1n) is 7.03. The molecule has 0 bridgehead atoms. The largest absolute Gasteiger partial charge is 0.393 e. The van der Waals surface area contributed by atoms with E-state index in [9.17, 15) is 9.18 Å². The number of benzene rings is 1. The number of hydrogen-bond acceptors (Lipinski definition) is 2. The highest BCUT2D eigenvalue weighted by Gasteiger charge is 2.26. The van der Waals surface area contributed by atoms with E-state index in [-0.39, 0.29) is 16.3 Å². The SMILES string of the molecule is Cn1c(C2CCCC2)c(N)c(=O)n1-c1ccc(Cl)c(F)c1. The van der Waals surface area contributed by atoms with Crippen molar-refractivity contribution >= 4 is 17.3 Å². The maximum atomic E-state index is 13.6. The first-order valence-corrected chi connectivity index (χ1v) is 7.41. The Bertz CT molecular complexity index is 744. The van der Waals surface area contributed by atoms with Gasteiger partial charge in [-0.1, -0.05) is 24.4 Å². The molecular weight excluding hydrogens is 293 g/mol. The molecule has 21 heavy (non-hydrogen) atoms. The second kappa shape index (κ2) is 5.22. The van der Waals surface area contributed by atoms with E-state index in [4.69, 9.17) is 17.3 Å². The van der Waals surface area contributed by atoms with Gasteiger partial charge in [0.05, 0.1) is 16.4 Å². The minimum Gasteiger partial charge on any atom is -0.393 e. The van der Waals surface area contributed by atoms with Crippen molar-refractivity contribution in [3.63, 3.8) is 0 Å². The van der Waals surface area contributed by atoms with E-state index in [2.05, 4.69) is 0 Å². The fourth-order valence-electron chi connectivity index (χ4n) is 3.23. The molecule has 1 heterocycles. The van der Waals surface area contributed by atoms with Gasteiger partial charge in [-0.2, -0.15) is 0 Å². The van der Waals surface area contributed by atoms with Crippen LogP contribution in [0.5, 0.6) is 0 Å². The van der Waals surface area contributed by atoms with Crippen molar-refractivity contribution in [2.75, 3.05) is 5.73 Å². The molecule has 6 heteroatoms. The van der Waals surface area contributed by atoms with Crippen molar-refractivity contribution in [2.45, 2.75) is 31.6 Å². The monoisotopic (exact) mass is 309 g/mol. The summed E-state index contributed by atoms with van der Waals surface area (Å²) in [5, 5.41) is 0.0324. The van der Waals surface area contributed by atoms with Crippen LogP contribution in [0.25, 0.3) is 5.69 Å². The van der Waals surface area contributed by atoms with Crippen LogP contribution < -0.4 is 11.3 Å². The number of nitrogen functional groups attached to an aromatic ring is 1. The van der Waals surface area contributed by atoms with Crippen LogP contribution in [0.4, 0.5) is 10.1 Å². The van der Waals surface area contributed by atoms with E-state index in [1.807, 2.05) is 0 Å². The van der Waals surface area contributed by atoms with Crippen LogP contribution in [0, 0.1) is 5.82 Å². The van der Waals surface area contributed by atoms with Crippen molar-refractivity contribution in [1.29, 1.82) is 0 Å². The number of halogens is 2. The van der Waals surface area contributed by atoms with E-state index in [0.717, 1.165) is 31.4 Å². The zero-order chi connectivity index (χ0) is 15.1. The van der Waals surface area contributed by atoms with Crippen LogP contribution in [0.3, 0.4) is 0 Å². The second-order valence-corrected chi connectivity index (χ2v) is 5.93. The summed E-state index contributed by atoms with van der Waals surface area (Å²) in [6, 6.07) is 4.31. The Balaban J connectivity index is 2.17. The van der Waals surface area contributed by atoms with E-state index < -0.39 is 5.82 Å². The van der Waals surface area contributed by atoms with Crippen LogP contribution in [0.15, 0.2) is 23.0 Å². The topological polar surface area (TPSA) is 52.9 Å². The summed E-state index contributed by atoms with van der Waals surface area (Å²) in [6.45, 7) is 0. The fraction of sp³-hybridized carbons (Fsp3) is 0.400. The van der Waals surface area contributed by atoms with Gasteiger partial charge < -0.3 is 5.73 Å². The molecular formula is C15H17ClFN3O. The van der Waals surface area contributed by atoms with Crippen molar-refractivity contribution in [1.82, 2.24) is 9.36 Å². The molecule has 112 valence electrons. The highest BCUT2D eigenvalue weighted by Crippen LogP contribution is 2.36. The van der Waals surface area contributed by atoms with E-state index in [0.29, 0.717) is 11.6 Å². The molecule has 0 amide bonds. The van der Waals surface area contributed by atoms with Crippen LogP contribution in [0.1, 0.15) is 37.3 Å². The van der Waals surface area contributed by atoms with Crippen molar-refractivity contribution in [3.05, 3.63) is 45.1 Å². The van der Waals surface area contributed by atoms with Crippen LogP contribution in [-0.2, 0) is 7.05 Å². The average molecular weight is 310 g/mol. The summed E-state index contributed by atoms with van der Waals surface area (Å²) in [5.41, 5.74) is 7.26. The van der Waals surface area contributed by atoms with E-state index >= 15 is 0 Å². The third kappa shape index (κ3) is 2.25. The molecule has 0 spiro atoms. The molecule has 1 aromatic heterocycles. The Morgan fingerprint density at radius 3 is 2.62 bits per heavy atom. The molecule has 3 rings (SSSR count). The molecule has 0 atom stereocenters. The zero-order valence-corrected chi connectivity index (χ0v) is 12.5. The van der Waals surface area contributed by atoms with Gasteiger partial charge in [0.1, 0.15) is 11.5 Å². The molecule has 0 aliphatic heterocycles. The van der Waals surface area contributed by atoms with Gasteiger partial charge in [-0.25, -0.2) is 9.07 Å². The lowest BCUT2D eigenvalue weighted by Gasteiger charge is -2.14. The summed E-state index contributed by atoms with van der Waals surface area (Å²) in [5.74, 6) is -0.246. The second-order valence-electron chi connectivity index (χ2n) is 5.52. The van der Waals surface area contributed by atoms with Gasteiger partial charge in [0.2, 0.25) is 0 Å². The Labute approximate surface area is 126 Å². The lowest BCUT2D eigenvalue weighted by atomic mass is 10.0. The highest BCUT2D eigenvalue weighted by molar-refractivity contribution is 6.30. The molecule has 0 radical (unpaired) electrons. The predicted molar refractivity (Wildman–Crippen MR) is 81.6 cm³/mol. The molecule has 4 nitrogen and oxygen atoms in total. The maximum absolute atomic E-state index is 13.6. The standard InChI is InChI=1S/C15H17ClFN3O/c1-19-14(9-4-2-3-5-9)13(18)15(21)20(19)10-6-7-11(16)12(17)8-10/h6-9H,2-5,18H2,1H3. The summed E-state index contributed by atoms with van der Waals surface area (Å²) in [7, 11) is 1.79. The van der Waals surface area contributed by atoms with Gasteiger partial charge in [-0.05, 0) is 25.0 Å². The summed E-state index contributed by atoms with van der Waals surface area (Å²) in [4.78, 5) is 12.4. The Hall–Kier alpha value is -1.75. The first kappa shape index (κ1) is 14.2. The number of nitrogens with zero attached hydrogens (tertiary/aromatic N) is 2. The number of nitrogens with two attached hydrogens (primary N) is 1. The van der Waals surface area contributed by atoms with Gasteiger partial charge in [0.15, 0.2) is 0 Å². The number of hydrogen-bond donors (Lipinski definition) is 1. The Morgan fingerprint density at radius 2 is 2.00 bits per heavy atom. The van der Waals surface area contributed by atoms with Crippen molar-refractivity contribution < 1.29 is 4.39 Å². The minimum atomic E-state index is -0.553. The smallest absolute Gasteiger partial charge is 0.294 e. The molecule has 0 unspecified atom stereocenters. The molecule has 1 aliphatic carbocycles. The normalized spacial score (nSPS) is 15.8. The number of anilines is 1. The maximum Gasteiger partial charge on any atom is 0.294 e. The van der Waals surface area contributed by atoms with Crippen molar-refractivity contribution in [3.8, 4) is 5.69 Å². The Morgan fingerprint density at radius 1 is 1.33 bits per heavy atom. The van der Waals surface area contributed by atoms with Gasteiger partial charge in [0, 0.05) is 19.0 Å². The molecule has 2 aromatic rings. The fourth-order valence-corrected chi connectivity index (χ4v) is 3.35. The van der Waals surface area contributed by atoms with Crippen LogP contribution in [0.2, 0.25) is 5.02 Å². The molecule has 1 aromatic carbocycles. The Kier molecular flexibility index (Phi) is 3.53. The molecule has 1 fully saturated rings. The van der Waals surface area contributed by atoms with Crippen molar-refractivity contribution in [2.24, 2.45) is 7.05 Å². The molecule has 1 aliphatic rings.